The van der Waals surface area contributed by atoms with Crippen molar-refractivity contribution < 1.29 is 8.42 Å². The zero-order chi connectivity index (χ0) is 19.6. The van der Waals surface area contributed by atoms with Crippen LogP contribution in [0.3, 0.4) is 0 Å². The third kappa shape index (κ3) is 4.03. The van der Waals surface area contributed by atoms with Gasteiger partial charge < -0.3 is 10.6 Å². The number of sulfonamides is 1. The van der Waals surface area contributed by atoms with E-state index in [-0.39, 0.29) is 10.9 Å². The zero-order valence-corrected chi connectivity index (χ0v) is 16.9. The second kappa shape index (κ2) is 8.14. The van der Waals surface area contributed by atoms with E-state index >= 15 is 0 Å². The average Bonchev–Trinajstić information content (AvgIpc) is 3.41. The second-order valence-corrected chi connectivity index (χ2v) is 9.36. The summed E-state index contributed by atoms with van der Waals surface area (Å²) in [7, 11) is -2.15. The molecule has 1 aromatic carbocycles. The van der Waals surface area contributed by atoms with E-state index in [2.05, 4.69) is 30.8 Å². The second-order valence-electron chi connectivity index (χ2n) is 7.47. The number of rotatable bonds is 6. The number of aromatic nitrogens is 4. The Morgan fingerprint density at radius 3 is 2.71 bits per heavy atom. The fourth-order valence-corrected chi connectivity index (χ4v) is 4.67. The summed E-state index contributed by atoms with van der Waals surface area (Å²) in [5.74, 6) is 0.443. The van der Waals surface area contributed by atoms with Crippen LogP contribution < -0.4 is 15.4 Å². The van der Waals surface area contributed by atoms with Gasteiger partial charge in [-0.3, -0.25) is 0 Å². The van der Waals surface area contributed by atoms with Gasteiger partial charge in [0.25, 0.3) is 0 Å². The van der Waals surface area contributed by atoms with Gasteiger partial charge in [-0.05, 0) is 56.3 Å². The molecule has 10 heteroatoms. The first-order valence-electron chi connectivity index (χ1n) is 9.91. The summed E-state index contributed by atoms with van der Waals surface area (Å²) in [4.78, 5) is 1.83. The molecule has 0 amide bonds. The predicted octanol–water partition coefficient (Wildman–Crippen LogP) is 1.53. The molecule has 1 saturated heterocycles. The Balaban J connectivity index is 1.69. The minimum Gasteiger partial charge on any atom is -0.382 e. The van der Waals surface area contributed by atoms with Crippen molar-refractivity contribution in [3.63, 3.8) is 0 Å². The normalized spacial score (nSPS) is 21.1. The molecule has 2 fully saturated rings. The summed E-state index contributed by atoms with van der Waals surface area (Å²) < 4.78 is 27.0. The highest BCUT2D eigenvalue weighted by Crippen LogP contribution is 2.31. The van der Waals surface area contributed by atoms with Crippen molar-refractivity contribution in [3.05, 3.63) is 18.2 Å². The molecule has 4 rings (SSSR count). The van der Waals surface area contributed by atoms with Crippen molar-refractivity contribution in [1.29, 1.82) is 0 Å². The molecule has 0 radical (unpaired) electrons. The first-order valence-corrected chi connectivity index (χ1v) is 11.4. The lowest BCUT2D eigenvalue weighted by molar-refractivity contribution is 0.424. The molecule has 1 aromatic heterocycles. The van der Waals surface area contributed by atoms with Gasteiger partial charge in [0.15, 0.2) is 0 Å². The topological polar surface area (TPSA) is 114 Å². The van der Waals surface area contributed by atoms with Crippen LogP contribution in [0.5, 0.6) is 0 Å². The highest BCUT2D eigenvalue weighted by atomic mass is 32.2. The molecule has 9 nitrogen and oxygen atoms in total. The third-order valence-electron chi connectivity index (χ3n) is 5.56. The maximum Gasteiger partial charge on any atom is 0.240 e. The number of nitrogens with one attached hydrogen (secondary N) is 3. The highest BCUT2D eigenvalue weighted by Gasteiger charge is 2.23. The van der Waals surface area contributed by atoms with Crippen LogP contribution in [0.4, 0.5) is 5.69 Å². The smallest absolute Gasteiger partial charge is 0.240 e. The van der Waals surface area contributed by atoms with Crippen molar-refractivity contribution in [3.8, 4) is 11.4 Å². The largest absolute Gasteiger partial charge is 0.382 e. The van der Waals surface area contributed by atoms with Crippen molar-refractivity contribution in [2.24, 2.45) is 0 Å². The van der Waals surface area contributed by atoms with Crippen molar-refractivity contribution in [2.75, 3.05) is 25.5 Å². The molecule has 0 spiro atoms. The highest BCUT2D eigenvalue weighted by molar-refractivity contribution is 7.89. The van der Waals surface area contributed by atoms with Gasteiger partial charge >= 0.3 is 0 Å². The number of hydrogen-bond acceptors (Lipinski definition) is 7. The molecule has 3 N–H and O–H groups in total. The Kier molecular flexibility index (Phi) is 5.61. The molecule has 2 heterocycles. The summed E-state index contributed by atoms with van der Waals surface area (Å²) in [5, 5.41) is 19.9. The summed E-state index contributed by atoms with van der Waals surface area (Å²) in [6, 6.07) is 5.62. The van der Waals surface area contributed by atoms with Crippen molar-refractivity contribution in [2.45, 2.75) is 55.5 Å². The molecule has 1 atom stereocenters. The Labute approximate surface area is 165 Å². The standard InChI is InChI=1S/C18H27N7O2S/c1-19-28(26,27)15-7-8-17(21-13-5-3-2-4-6-13)16(11-15)18-22-24-25(23-18)14-9-10-20-12-14/h7-8,11,13-14,19-21H,2-6,9-10,12H2,1H3. The van der Waals surface area contributed by atoms with Crippen LogP contribution in [0, 0.1) is 0 Å². The van der Waals surface area contributed by atoms with E-state index in [1.54, 1.807) is 16.9 Å². The van der Waals surface area contributed by atoms with E-state index in [1.165, 1.54) is 26.3 Å². The molecular formula is C18H27N7O2S. The summed E-state index contributed by atoms with van der Waals surface area (Å²) in [5.41, 5.74) is 1.52. The predicted molar refractivity (Wildman–Crippen MR) is 107 cm³/mol. The van der Waals surface area contributed by atoms with E-state index in [0.29, 0.717) is 17.4 Å². The van der Waals surface area contributed by atoms with E-state index in [9.17, 15) is 8.42 Å². The molecule has 2 aromatic rings. The molecule has 1 unspecified atom stereocenters. The molecule has 2 aliphatic rings. The van der Waals surface area contributed by atoms with E-state index in [0.717, 1.165) is 38.0 Å². The Morgan fingerprint density at radius 2 is 2.00 bits per heavy atom. The Morgan fingerprint density at radius 1 is 1.18 bits per heavy atom. The van der Waals surface area contributed by atoms with E-state index in [4.69, 9.17) is 0 Å². The van der Waals surface area contributed by atoms with Crippen molar-refractivity contribution >= 4 is 15.7 Å². The molecule has 1 aliphatic carbocycles. The van der Waals surface area contributed by atoms with Gasteiger partial charge in [0, 0.05) is 23.8 Å². The number of tetrazole rings is 1. The van der Waals surface area contributed by atoms with Gasteiger partial charge in [-0.15, -0.1) is 10.2 Å². The lowest BCUT2D eigenvalue weighted by Gasteiger charge is -2.25. The number of benzene rings is 1. The van der Waals surface area contributed by atoms with Gasteiger partial charge in [0.1, 0.15) is 0 Å². The number of nitrogens with zero attached hydrogens (tertiary/aromatic N) is 4. The lowest BCUT2D eigenvalue weighted by Crippen LogP contribution is -2.23. The summed E-state index contributed by atoms with van der Waals surface area (Å²) in [6.45, 7) is 1.75. The monoisotopic (exact) mass is 405 g/mol. The molecule has 0 bridgehead atoms. The van der Waals surface area contributed by atoms with Crippen LogP contribution >= 0.6 is 0 Å². The summed E-state index contributed by atoms with van der Waals surface area (Å²) in [6.07, 6.45) is 6.88. The molecule has 28 heavy (non-hydrogen) atoms. The van der Waals surface area contributed by atoms with Crippen LogP contribution in [0.2, 0.25) is 0 Å². The fourth-order valence-electron chi connectivity index (χ4n) is 3.91. The fraction of sp³-hybridized carbons (Fsp3) is 0.611. The number of anilines is 1. The minimum atomic E-state index is -3.56. The molecule has 1 saturated carbocycles. The lowest BCUT2D eigenvalue weighted by atomic mass is 9.95. The van der Waals surface area contributed by atoms with Crippen LogP contribution in [0.1, 0.15) is 44.6 Å². The molecule has 152 valence electrons. The quantitative estimate of drug-likeness (QED) is 0.668. The van der Waals surface area contributed by atoms with E-state index in [1.807, 2.05) is 6.07 Å². The van der Waals surface area contributed by atoms with Gasteiger partial charge in [-0.1, -0.05) is 19.3 Å². The maximum atomic E-state index is 12.3. The first-order chi connectivity index (χ1) is 13.6. The summed E-state index contributed by atoms with van der Waals surface area (Å²) >= 11 is 0. The van der Waals surface area contributed by atoms with Gasteiger partial charge in [0.05, 0.1) is 10.9 Å². The average molecular weight is 406 g/mol. The zero-order valence-electron chi connectivity index (χ0n) is 16.1. The molecule has 1 aliphatic heterocycles. The van der Waals surface area contributed by atoms with Crippen LogP contribution in [-0.2, 0) is 10.0 Å². The number of hydrogen-bond donors (Lipinski definition) is 3. The third-order valence-corrected chi connectivity index (χ3v) is 6.98. The SMILES string of the molecule is CNS(=O)(=O)c1ccc(NC2CCCCC2)c(-c2nnn(C3CCNC3)n2)c1. The van der Waals surface area contributed by atoms with E-state index < -0.39 is 10.0 Å². The van der Waals surface area contributed by atoms with Gasteiger partial charge in [-0.2, -0.15) is 4.80 Å². The van der Waals surface area contributed by atoms with Crippen molar-refractivity contribution in [1.82, 2.24) is 30.2 Å². The molecular weight excluding hydrogens is 378 g/mol. The first kappa shape index (κ1) is 19.3. The van der Waals surface area contributed by atoms with Crippen LogP contribution in [0.15, 0.2) is 23.1 Å². The van der Waals surface area contributed by atoms with Crippen LogP contribution in [0.25, 0.3) is 11.4 Å². The van der Waals surface area contributed by atoms with Gasteiger partial charge in [-0.25, -0.2) is 13.1 Å². The van der Waals surface area contributed by atoms with Gasteiger partial charge in [0.2, 0.25) is 15.8 Å². The Bertz CT molecular complexity index is 916. The van der Waals surface area contributed by atoms with Crippen LogP contribution in [-0.4, -0.2) is 54.8 Å². The minimum absolute atomic E-state index is 0.181. The maximum absolute atomic E-state index is 12.3. The Hall–Kier alpha value is -2.04.